The second-order valence-corrected chi connectivity index (χ2v) is 9.99. The van der Waals surface area contributed by atoms with Crippen LogP contribution in [-0.4, -0.2) is 64.7 Å². The average Bonchev–Trinajstić information content (AvgIpc) is 2.65. The van der Waals surface area contributed by atoms with Gasteiger partial charge in [0.05, 0.1) is 18.1 Å². The molecule has 0 amide bonds. The second kappa shape index (κ2) is 8.76. The third kappa shape index (κ3) is 5.52. The molecular formula is C19H30N6O3S. The maximum absolute atomic E-state index is 11.8. The summed E-state index contributed by atoms with van der Waals surface area (Å²) in [6.07, 6.45) is 4.10. The van der Waals surface area contributed by atoms with Crippen molar-refractivity contribution in [3.63, 3.8) is 0 Å². The molecule has 0 saturated carbocycles. The summed E-state index contributed by atoms with van der Waals surface area (Å²) < 4.78 is 25.1. The Hall–Kier alpha value is -2.04. The minimum atomic E-state index is -3.16. The van der Waals surface area contributed by atoms with Gasteiger partial charge in [0.1, 0.15) is 5.52 Å². The van der Waals surface area contributed by atoms with Crippen molar-refractivity contribution < 1.29 is 13.5 Å². The first-order valence-electron chi connectivity index (χ1n) is 9.94. The molecule has 0 bridgehead atoms. The molecule has 1 aliphatic heterocycles. The number of piperidine rings is 1. The van der Waals surface area contributed by atoms with Gasteiger partial charge >= 0.3 is 0 Å². The van der Waals surface area contributed by atoms with Crippen LogP contribution < -0.4 is 10.6 Å². The predicted molar refractivity (Wildman–Crippen MR) is 114 cm³/mol. The first-order chi connectivity index (χ1) is 13.6. The van der Waals surface area contributed by atoms with Gasteiger partial charge in [-0.15, -0.1) is 0 Å². The van der Waals surface area contributed by atoms with Gasteiger partial charge in [0, 0.05) is 37.3 Å². The molecule has 160 valence electrons. The van der Waals surface area contributed by atoms with E-state index in [-0.39, 0.29) is 12.0 Å². The number of aromatic nitrogens is 3. The zero-order valence-electron chi connectivity index (χ0n) is 17.4. The number of aliphatic hydroxyl groups is 1. The molecule has 0 aromatic carbocycles. The van der Waals surface area contributed by atoms with E-state index in [0.29, 0.717) is 42.6 Å². The van der Waals surface area contributed by atoms with Crippen LogP contribution in [0.2, 0.25) is 0 Å². The fourth-order valence-corrected chi connectivity index (χ4v) is 4.41. The Bertz CT molecular complexity index is 964. The van der Waals surface area contributed by atoms with Crippen molar-refractivity contribution in [3.05, 3.63) is 18.0 Å². The number of nitrogens with one attached hydrogen (secondary N) is 2. The highest BCUT2D eigenvalue weighted by atomic mass is 32.2. The van der Waals surface area contributed by atoms with E-state index < -0.39 is 16.1 Å². The summed E-state index contributed by atoms with van der Waals surface area (Å²) in [6, 6.07) is 1.95. The predicted octanol–water partition coefficient (Wildman–Crippen LogP) is 1.98. The smallest absolute Gasteiger partial charge is 0.223 e. The third-order valence-electron chi connectivity index (χ3n) is 4.94. The standard InChI is InChI=1S/C19H30N6O3S/c1-12(2)22-18-17-15(8-16(23-18)13(3)26)10-21-19(24-17)20-9-14-6-5-7-25(11-14)29(4,27)28/h8,10,12-14,26H,5-7,9,11H2,1-4H3,(H,22,23)(H,20,21,24)/t13-,14?/m1/s1. The lowest BCUT2D eigenvalue weighted by Gasteiger charge is -2.30. The molecule has 29 heavy (non-hydrogen) atoms. The van der Waals surface area contributed by atoms with Gasteiger partial charge in [0.25, 0.3) is 0 Å². The van der Waals surface area contributed by atoms with Crippen LogP contribution >= 0.6 is 0 Å². The maximum Gasteiger partial charge on any atom is 0.223 e. The Kier molecular flexibility index (Phi) is 6.55. The van der Waals surface area contributed by atoms with Crippen LogP contribution in [0.1, 0.15) is 45.4 Å². The molecule has 9 nitrogen and oxygen atoms in total. The summed E-state index contributed by atoms with van der Waals surface area (Å²) in [6.45, 7) is 7.40. The summed E-state index contributed by atoms with van der Waals surface area (Å²) in [5, 5.41) is 17.2. The Morgan fingerprint density at radius 2 is 2.07 bits per heavy atom. The molecule has 0 aliphatic carbocycles. The number of rotatable bonds is 7. The summed E-state index contributed by atoms with van der Waals surface area (Å²) in [5.74, 6) is 1.30. The highest BCUT2D eigenvalue weighted by molar-refractivity contribution is 7.88. The number of nitrogens with zero attached hydrogens (tertiary/aromatic N) is 4. The maximum atomic E-state index is 11.8. The van der Waals surface area contributed by atoms with Crippen molar-refractivity contribution in [1.82, 2.24) is 19.3 Å². The molecule has 3 rings (SSSR count). The van der Waals surface area contributed by atoms with Crippen molar-refractivity contribution >= 4 is 32.7 Å². The Labute approximate surface area is 172 Å². The van der Waals surface area contributed by atoms with Crippen LogP contribution in [0.4, 0.5) is 11.8 Å². The number of sulfonamides is 1. The van der Waals surface area contributed by atoms with Gasteiger partial charge in [0.15, 0.2) is 5.82 Å². The van der Waals surface area contributed by atoms with E-state index in [0.717, 1.165) is 18.2 Å². The SMILES string of the molecule is CC(C)Nc1nc([C@@H](C)O)cc2cnc(NCC3CCCN(S(C)(=O)=O)C3)nc12. The number of pyridine rings is 1. The van der Waals surface area contributed by atoms with Crippen LogP contribution in [0, 0.1) is 5.92 Å². The number of anilines is 2. The van der Waals surface area contributed by atoms with Crippen molar-refractivity contribution in [2.24, 2.45) is 5.92 Å². The third-order valence-corrected chi connectivity index (χ3v) is 6.21. The molecule has 1 fully saturated rings. The number of fused-ring (bicyclic) bond motifs is 1. The van der Waals surface area contributed by atoms with E-state index >= 15 is 0 Å². The highest BCUT2D eigenvalue weighted by Crippen LogP contribution is 2.25. The molecule has 1 saturated heterocycles. The van der Waals surface area contributed by atoms with Crippen LogP contribution in [0.5, 0.6) is 0 Å². The summed E-state index contributed by atoms with van der Waals surface area (Å²) in [5.41, 5.74) is 1.25. The lowest BCUT2D eigenvalue weighted by Crippen LogP contribution is -2.41. The molecule has 2 aromatic rings. The molecule has 1 unspecified atom stereocenters. The van der Waals surface area contributed by atoms with Gasteiger partial charge in [-0.2, -0.15) is 0 Å². The van der Waals surface area contributed by atoms with Gasteiger partial charge in [-0.25, -0.2) is 27.7 Å². The van der Waals surface area contributed by atoms with Crippen LogP contribution in [-0.2, 0) is 10.0 Å². The molecule has 3 N–H and O–H groups in total. The Morgan fingerprint density at radius 1 is 1.31 bits per heavy atom. The summed E-state index contributed by atoms with van der Waals surface area (Å²) >= 11 is 0. The van der Waals surface area contributed by atoms with Crippen molar-refractivity contribution in [1.29, 1.82) is 0 Å². The van der Waals surface area contributed by atoms with Crippen LogP contribution in [0.25, 0.3) is 10.9 Å². The monoisotopic (exact) mass is 422 g/mol. The first-order valence-corrected chi connectivity index (χ1v) is 11.8. The minimum Gasteiger partial charge on any atom is -0.387 e. The molecular weight excluding hydrogens is 392 g/mol. The van der Waals surface area contributed by atoms with Crippen molar-refractivity contribution in [2.45, 2.75) is 45.8 Å². The molecule has 1 aliphatic rings. The van der Waals surface area contributed by atoms with Crippen molar-refractivity contribution in [2.75, 3.05) is 36.5 Å². The van der Waals surface area contributed by atoms with E-state index in [4.69, 9.17) is 0 Å². The largest absolute Gasteiger partial charge is 0.387 e. The van der Waals surface area contributed by atoms with Gasteiger partial charge < -0.3 is 15.7 Å². The Balaban J connectivity index is 1.79. The second-order valence-electron chi connectivity index (χ2n) is 8.01. The van der Waals surface area contributed by atoms with Crippen LogP contribution in [0.3, 0.4) is 0 Å². The van der Waals surface area contributed by atoms with Gasteiger partial charge in [-0.3, -0.25) is 0 Å². The minimum absolute atomic E-state index is 0.158. The zero-order chi connectivity index (χ0) is 21.2. The van der Waals surface area contributed by atoms with Gasteiger partial charge in [-0.1, -0.05) is 0 Å². The molecule has 2 atom stereocenters. The Morgan fingerprint density at radius 3 is 2.72 bits per heavy atom. The molecule has 10 heteroatoms. The quantitative estimate of drug-likeness (QED) is 0.619. The fraction of sp³-hybridized carbons (Fsp3) is 0.632. The first kappa shape index (κ1) is 21.7. The van der Waals surface area contributed by atoms with E-state index in [1.165, 1.54) is 10.6 Å². The topological polar surface area (TPSA) is 120 Å². The van der Waals surface area contributed by atoms with Gasteiger partial charge in [-0.05, 0) is 45.6 Å². The molecule has 0 radical (unpaired) electrons. The van der Waals surface area contributed by atoms with E-state index in [1.807, 2.05) is 13.8 Å². The lowest BCUT2D eigenvalue weighted by molar-refractivity contribution is 0.194. The average molecular weight is 423 g/mol. The molecule has 0 spiro atoms. The van der Waals surface area contributed by atoms with E-state index in [1.54, 1.807) is 19.2 Å². The highest BCUT2D eigenvalue weighted by Gasteiger charge is 2.25. The summed E-state index contributed by atoms with van der Waals surface area (Å²) in [4.78, 5) is 13.5. The molecule has 2 aromatic heterocycles. The van der Waals surface area contributed by atoms with E-state index in [9.17, 15) is 13.5 Å². The zero-order valence-corrected chi connectivity index (χ0v) is 18.2. The summed E-state index contributed by atoms with van der Waals surface area (Å²) in [7, 11) is -3.16. The van der Waals surface area contributed by atoms with Crippen molar-refractivity contribution in [3.8, 4) is 0 Å². The molecule has 3 heterocycles. The lowest BCUT2D eigenvalue weighted by atomic mass is 10.00. The fourth-order valence-electron chi connectivity index (χ4n) is 3.46. The van der Waals surface area contributed by atoms with Crippen LogP contribution in [0.15, 0.2) is 12.3 Å². The number of hydrogen-bond donors (Lipinski definition) is 3. The number of hydrogen-bond acceptors (Lipinski definition) is 8. The number of aliphatic hydroxyl groups excluding tert-OH is 1. The van der Waals surface area contributed by atoms with Gasteiger partial charge in [0.2, 0.25) is 16.0 Å². The normalized spacial score (nSPS) is 19.4. The van der Waals surface area contributed by atoms with E-state index in [2.05, 4.69) is 25.6 Å².